The zero-order valence-electron chi connectivity index (χ0n) is 17.2. The Morgan fingerprint density at radius 1 is 1.03 bits per heavy atom. The molecule has 0 aliphatic carbocycles. The smallest absolute Gasteiger partial charge is 0.325 e. The van der Waals surface area contributed by atoms with Gasteiger partial charge in [-0.3, -0.25) is 4.79 Å². The molecule has 2 aromatic rings. The molecule has 0 bridgehead atoms. The third-order valence-corrected chi connectivity index (χ3v) is 7.24. The largest absolute Gasteiger partial charge is 0.497 e. The molecule has 0 spiro atoms. The highest BCUT2D eigenvalue weighted by Crippen LogP contribution is 2.31. The fourth-order valence-corrected chi connectivity index (χ4v) is 4.41. The second-order valence-corrected chi connectivity index (χ2v) is 9.95. The number of carbonyl (C=O) groups is 1. The normalized spacial score (nSPS) is 13.7. The summed E-state index contributed by atoms with van der Waals surface area (Å²) in [5.41, 5.74) is 0.600. The van der Waals surface area contributed by atoms with Crippen molar-refractivity contribution in [3.05, 3.63) is 54.1 Å². The van der Waals surface area contributed by atoms with E-state index in [2.05, 4.69) is 13.8 Å². The van der Waals surface area contributed by atoms with E-state index in [-0.39, 0.29) is 11.3 Å². The zero-order chi connectivity index (χ0) is 21.7. The van der Waals surface area contributed by atoms with Gasteiger partial charge in [0.05, 0.1) is 18.6 Å². The number of aliphatic carboxylic acids is 1. The molecular weight excluding hydrogens is 392 g/mol. The number of carboxylic acid groups (broad SMARTS) is 1. The highest BCUT2D eigenvalue weighted by Gasteiger charge is 2.47. The van der Waals surface area contributed by atoms with Crippen molar-refractivity contribution in [2.24, 2.45) is 5.92 Å². The molecule has 0 saturated heterocycles. The fourth-order valence-electron chi connectivity index (χ4n) is 2.81. The van der Waals surface area contributed by atoms with Gasteiger partial charge in [0.1, 0.15) is 11.5 Å². The van der Waals surface area contributed by atoms with Crippen molar-refractivity contribution in [3.8, 4) is 11.5 Å². The summed E-state index contributed by atoms with van der Waals surface area (Å²) in [6.45, 7) is 6.06. The Hall–Kier alpha value is -2.54. The maximum atomic E-state index is 13.1. The van der Waals surface area contributed by atoms with E-state index in [1.54, 1.807) is 24.3 Å². The summed E-state index contributed by atoms with van der Waals surface area (Å²) >= 11 is 0. The molecule has 158 valence electrons. The maximum absolute atomic E-state index is 13.1. The van der Waals surface area contributed by atoms with Crippen molar-refractivity contribution < 1.29 is 27.8 Å². The van der Waals surface area contributed by atoms with Gasteiger partial charge >= 0.3 is 5.97 Å². The molecular formula is C22H28O6S. The van der Waals surface area contributed by atoms with Crippen LogP contribution in [0.25, 0.3) is 0 Å². The third-order valence-electron chi connectivity index (χ3n) is 4.84. The average molecular weight is 421 g/mol. The van der Waals surface area contributed by atoms with E-state index < -0.39 is 20.6 Å². The van der Waals surface area contributed by atoms with E-state index in [1.165, 1.54) is 38.3 Å². The fraction of sp³-hybridized carbons (Fsp3) is 0.409. The number of hydrogen-bond acceptors (Lipinski definition) is 5. The van der Waals surface area contributed by atoms with Gasteiger partial charge in [-0.25, -0.2) is 8.42 Å². The lowest BCUT2D eigenvalue weighted by Gasteiger charge is -2.25. The Bertz CT molecular complexity index is 917. The van der Waals surface area contributed by atoms with Crippen LogP contribution >= 0.6 is 0 Å². The Balaban J connectivity index is 2.24. The molecule has 2 rings (SSSR count). The molecule has 0 saturated carbocycles. The molecule has 0 amide bonds. The average Bonchev–Trinajstić information content (AvgIpc) is 2.68. The van der Waals surface area contributed by atoms with E-state index in [1.807, 2.05) is 0 Å². The molecule has 0 aromatic heterocycles. The van der Waals surface area contributed by atoms with Crippen LogP contribution in [0, 0.1) is 5.92 Å². The summed E-state index contributed by atoms with van der Waals surface area (Å²) in [7, 11) is -2.67. The molecule has 2 aromatic carbocycles. The number of methoxy groups -OCH3 is 1. The summed E-state index contributed by atoms with van der Waals surface area (Å²) < 4.78 is 34.9. The van der Waals surface area contributed by atoms with Crippen molar-refractivity contribution >= 4 is 15.8 Å². The lowest BCUT2D eigenvalue weighted by atomic mass is 10.0. The number of sulfone groups is 1. The predicted octanol–water partition coefficient (Wildman–Crippen LogP) is 3.98. The minimum atomic E-state index is -4.14. The predicted molar refractivity (Wildman–Crippen MR) is 111 cm³/mol. The van der Waals surface area contributed by atoms with Crippen LogP contribution in [0.5, 0.6) is 11.5 Å². The van der Waals surface area contributed by atoms with Gasteiger partial charge in [0.2, 0.25) is 0 Å². The van der Waals surface area contributed by atoms with Gasteiger partial charge in [-0.15, -0.1) is 0 Å². The standard InChI is InChI=1S/C22H28O6S/c1-16(2)13-14-28-19-7-5-17(6-8-19)15-22(3,21(23)24)29(25,26)20-11-9-18(27-4)10-12-20/h5-12,16H,13-15H2,1-4H3,(H,23,24). The van der Waals surface area contributed by atoms with Crippen molar-refractivity contribution in [1.82, 2.24) is 0 Å². The Morgan fingerprint density at radius 2 is 1.59 bits per heavy atom. The quantitative estimate of drug-likeness (QED) is 0.625. The summed E-state index contributed by atoms with van der Waals surface area (Å²) in [6, 6.07) is 12.6. The van der Waals surface area contributed by atoms with E-state index >= 15 is 0 Å². The van der Waals surface area contributed by atoms with Gasteiger partial charge in [-0.05, 0) is 61.2 Å². The Labute approximate surface area is 172 Å². The van der Waals surface area contributed by atoms with Crippen LogP contribution in [0.2, 0.25) is 0 Å². The van der Waals surface area contributed by atoms with Gasteiger partial charge in [-0.1, -0.05) is 26.0 Å². The van der Waals surface area contributed by atoms with E-state index in [0.717, 1.165) is 6.42 Å². The zero-order valence-corrected chi connectivity index (χ0v) is 18.0. The van der Waals surface area contributed by atoms with E-state index in [4.69, 9.17) is 9.47 Å². The molecule has 1 N–H and O–H groups in total. The molecule has 29 heavy (non-hydrogen) atoms. The van der Waals surface area contributed by atoms with Crippen LogP contribution in [0.15, 0.2) is 53.4 Å². The number of ether oxygens (including phenoxy) is 2. The monoisotopic (exact) mass is 420 g/mol. The number of benzene rings is 2. The third kappa shape index (κ3) is 5.29. The van der Waals surface area contributed by atoms with Crippen LogP contribution in [-0.4, -0.2) is 38.0 Å². The van der Waals surface area contributed by atoms with Crippen LogP contribution in [0.3, 0.4) is 0 Å². The lowest BCUT2D eigenvalue weighted by Crippen LogP contribution is -2.45. The topological polar surface area (TPSA) is 89.9 Å². The molecule has 1 atom stereocenters. The summed E-state index contributed by atoms with van der Waals surface area (Å²) in [5.74, 6) is 0.303. The Morgan fingerprint density at radius 3 is 2.07 bits per heavy atom. The summed E-state index contributed by atoms with van der Waals surface area (Å²) in [5, 5.41) is 9.79. The number of carboxylic acids is 1. The van der Waals surface area contributed by atoms with Gasteiger partial charge in [0.15, 0.2) is 14.6 Å². The SMILES string of the molecule is COc1ccc(S(=O)(=O)C(C)(Cc2ccc(OCCC(C)C)cc2)C(=O)O)cc1. The summed E-state index contributed by atoms with van der Waals surface area (Å²) in [4.78, 5) is 12.0. The van der Waals surface area contributed by atoms with Gasteiger partial charge in [0, 0.05) is 6.42 Å². The highest BCUT2D eigenvalue weighted by molar-refractivity contribution is 7.93. The maximum Gasteiger partial charge on any atom is 0.325 e. The van der Waals surface area contributed by atoms with E-state index in [0.29, 0.717) is 29.6 Å². The van der Waals surface area contributed by atoms with Crippen LogP contribution in [-0.2, 0) is 21.1 Å². The van der Waals surface area contributed by atoms with Crippen molar-refractivity contribution in [2.75, 3.05) is 13.7 Å². The molecule has 0 heterocycles. The molecule has 0 aliphatic heterocycles. The van der Waals surface area contributed by atoms with E-state index in [9.17, 15) is 18.3 Å². The lowest BCUT2D eigenvalue weighted by molar-refractivity contribution is -0.139. The van der Waals surface area contributed by atoms with Crippen LogP contribution < -0.4 is 9.47 Å². The second-order valence-electron chi connectivity index (χ2n) is 7.57. The van der Waals surface area contributed by atoms with Crippen LogP contribution in [0.4, 0.5) is 0 Å². The van der Waals surface area contributed by atoms with Gasteiger partial charge in [0.25, 0.3) is 0 Å². The first kappa shape index (κ1) is 22.7. The molecule has 0 radical (unpaired) electrons. The van der Waals surface area contributed by atoms with Gasteiger partial charge < -0.3 is 14.6 Å². The van der Waals surface area contributed by atoms with Crippen molar-refractivity contribution in [1.29, 1.82) is 0 Å². The van der Waals surface area contributed by atoms with Crippen molar-refractivity contribution in [3.63, 3.8) is 0 Å². The highest BCUT2D eigenvalue weighted by atomic mass is 32.2. The number of hydrogen-bond donors (Lipinski definition) is 1. The molecule has 7 heteroatoms. The molecule has 0 fully saturated rings. The van der Waals surface area contributed by atoms with Crippen molar-refractivity contribution in [2.45, 2.75) is 43.3 Å². The minimum Gasteiger partial charge on any atom is -0.497 e. The molecule has 6 nitrogen and oxygen atoms in total. The first-order valence-corrected chi connectivity index (χ1v) is 10.9. The number of rotatable bonds is 10. The summed E-state index contributed by atoms with van der Waals surface area (Å²) in [6.07, 6.45) is 0.766. The minimum absolute atomic E-state index is 0.0585. The van der Waals surface area contributed by atoms with Gasteiger partial charge in [-0.2, -0.15) is 0 Å². The molecule has 1 unspecified atom stereocenters. The first-order valence-electron chi connectivity index (χ1n) is 9.44. The first-order chi connectivity index (χ1) is 13.6. The molecule has 0 aliphatic rings. The van der Waals surface area contributed by atoms with Crippen LogP contribution in [0.1, 0.15) is 32.8 Å². The Kier molecular flexibility index (Phi) is 7.30. The second kappa shape index (κ2) is 9.31.